The normalized spacial score (nSPS) is 37.5. The maximum absolute atomic E-state index is 14.7. The molecular formula is C33H42O8S. The molecule has 1 saturated carbocycles. The highest BCUT2D eigenvalue weighted by Gasteiger charge is 2.76. The van der Waals surface area contributed by atoms with E-state index in [9.17, 15) is 13.2 Å². The van der Waals surface area contributed by atoms with Crippen molar-refractivity contribution in [2.24, 2.45) is 17.8 Å². The van der Waals surface area contributed by atoms with E-state index in [0.29, 0.717) is 18.4 Å². The van der Waals surface area contributed by atoms with Crippen LogP contribution in [0, 0.1) is 17.8 Å². The van der Waals surface area contributed by atoms with Crippen molar-refractivity contribution in [3.63, 3.8) is 0 Å². The van der Waals surface area contributed by atoms with E-state index in [2.05, 4.69) is 13.8 Å². The van der Waals surface area contributed by atoms with Gasteiger partial charge in [-0.3, -0.25) is 0 Å². The van der Waals surface area contributed by atoms with Crippen LogP contribution in [0.2, 0.25) is 0 Å². The second-order valence-electron chi connectivity index (χ2n) is 12.9. The van der Waals surface area contributed by atoms with Gasteiger partial charge < -0.3 is 14.2 Å². The average Bonchev–Trinajstić information content (AvgIpc) is 3.22. The summed E-state index contributed by atoms with van der Waals surface area (Å²) in [5.41, 5.74) is 0.304. The van der Waals surface area contributed by atoms with Crippen molar-refractivity contribution in [2.75, 3.05) is 0 Å². The van der Waals surface area contributed by atoms with Crippen LogP contribution in [-0.4, -0.2) is 43.1 Å². The lowest BCUT2D eigenvalue weighted by atomic mass is 9.58. The largest absolute Gasteiger partial charge is 0.430 e. The fourth-order valence-corrected chi connectivity index (χ4v) is 9.79. The highest BCUT2D eigenvalue weighted by atomic mass is 32.2. The Balaban J connectivity index is 1.40. The van der Waals surface area contributed by atoms with Gasteiger partial charge in [-0.2, -0.15) is 0 Å². The number of carbonyl (C=O) groups excluding carboxylic acids is 1. The van der Waals surface area contributed by atoms with Gasteiger partial charge in [0.25, 0.3) is 0 Å². The van der Waals surface area contributed by atoms with E-state index in [1.54, 1.807) is 56.3 Å². The molecule has 4 aliphatic heterocycles. The molecule has 42 heavy (non-hydrogen) atoms. The minimum absolute atomic E-state index is 0.0622. The Hall–Kier alpha value is -2.30. The molecule has 8 nitrogen and oxygen atoms in total. The van der Waals surface area contributed by atoms with Gasteiger partial charge in [0.05, 0.1) is 10.5 Å². The van der Waals surface area contributed by atoms with E-state index in [1.165, 1.54) is 0 Å². The van der Waals surface area contributed by atoms with Gasteiger partial charge in [-0.05, 0) is 87.6 Å². The molecule has 0 radical (unpaired) electrons. The number of hydrogen-bond acceptors (Lipinski definition) is 8. The van der Waals surface area contributed by atoms with Crippen LogP contribution in [-0.2, 0) is 40.2 Å². The van der Waals surface area contributed by atoms with E-state index in [1.807, 2.05) is 12.1 Å². The standard InChI is InChI=1S/C33H42O8S/c1-5-6-8-11-23-15-17-24(18-16-23)28(34)37-29-32(4,42(35,36)25-12-9-7-10-13-25)27-19-14-22(2)26-20-21-31(3)39-30(38-29)33(26,27)41-40-31/h7,9-10,12-13,15-18,22,26-27,29-30H,5-6,8,11,14,19-21H2,1-4H3/t22-,26+,27+,29-,30-,31+,32-,33-/m1/s1. The monoisotopic (exact) mass is 598 g/mol. The van der Waals surface area contributed by atoms with Crippen molar-refractivity contribution in [3.8, 4) is 0 Å². The third-order valence-electron chi connectivity index (χ3n) is 10.2. The Morgan fingerprint density at radius 2 is 1.71 bits per heavy atom. The van der Waals surface area contributed by atoms with Gasteiger partial charge in [-0.1, -0.05) is 57.0 Å². The summed E-state index contributed by atoms with van der Waals surface area (Å²) in [7, 11) is -4.13. The quantitative estimate of drug-likeness (QED) is 0.196. The molecule has 1 aliphatic carbocycles. The molecular weight excluding hydrogens is 556 g/mol. The molecule has 0 aromatic heterocycles. The second kappa shape index (κ2) is 11.0. The van der Waals surface area contributed by atoms with E-state index in [0.717, 1.165) is 44.1 Å². The number of rotatable bonds is 8. The second-order valence-corrected chi connectivity index (χ2v) is 15.2. The number of aryl methyl sites for hydroxylation is 1. The van der Waals surface area contributed by atoms with Crippen molar-refractivity contribution in [2.45, 2.75) is 113 Å². The van der Waals surface area contributed by atoms with E-state index in [4.69, 9.17) is 24.0 Å². The Morgan fingerprint density at radius 1 is 0.976 bits per heavy atom. The molecule has 0 N–H and O–H groups in total. The summed E-state index contributed by atoms with van der Waals surface area (Å²) < 4.78 is 46.6. The van der Waals surface area contributed by atoms with Gasteiger partial charge in [0.2, 0.25) is 12.1 Å². The highest BCUT2D eigenvalue weighted by Crippen LogP contribution is 2.63. The average molecular weight is 599 g/mol. The van der Waals surface area contributed by atoms with Crippen molar-refractivity contribution in [3.05, 3.63) is 65.7 Å². The number of benzene rings is 2. The lowest BCUT2D eigenvalue weighted by molar-refractivity contribution is -0.574. The zero-order chi connectivity index (χ0) is 29.8. The van der Waals surface area contributed by atoms with Crippen LogP contribution in [0.5, 0.6) is 0 Å². The zero-order valence-electron chi connectivity index (χ0n) is 24.9. The topological polar surface area (TPSA) is 97.4 Å². The van der Waals surface area contributed by atoms with Crippen molar-refractivity contribution >= 4 is 15.8 Å². The molecule has 0 unspecified atom stereocenters. The molecule has 2 bridgehead atoms. The lowest BCUT2D eigenvalue weighted by Gasteiger charge is -2.62. The minimum atomic E-state index is -4.13. The van der Waals surface area contributed by atoms with Crippen molar-refractivity contribution in [1.29, 1.82) is 0 Å². The zero-order valence-corrected chi connectivity index (χ0v) is 25.7. The van der Waals surface area contributed by atoms with Gasteiger partial charge in [-0.15, -0.1) is 0 Å². The first kappa shape index (κ1) is 29.8. The SMILES string of the molecule is CCCCCc1ccc(C(=O)O[C@@H]2O[C@@H]3O[C@]4(C)CC[C@H]5[C@H](C)CC[C@H]([C@@]35OO4)[C@@]2(C)S(=O)(=O)c2ccccc2)cc1. The number of carbonyl (C=O) groups is 1. The van der Waals surface area contributed by atoms with Crippen LogP contribution < -0.4 is 0 Å². The van der Waals surface area contributed by atoms with Crippen LogP contribution >= 0.6 is 0 Å². The Morgan fingerprint density at radius 3 is 2.43 bits per heavy atom. The number of unbranched alkanes of at least 4 members (excludes halogenated alkanes) is 2. The summed E-state index contributed by atoms with van der Waals surface area (Å²) in [5.74, 6) is -2.15. The van der Waals surface area contributed by atoms with Crippen LogP contribution in [0.1, 0.15) is 88.6 Å². The Kier molecular flexibility index (Phi) is 7.80. The summed E-state index contributed by atoms with van der Waals surface area (Å²) in [5, 5.41) is 0. The maximum atomic E-state index is 14.7. The van der Waals surface area contributed by atoms with E-state index < -0.39 is 50.4 Å². The third kappa shape index (κ3) is 4.63. The van der Waals surface area contributed by atoms with Gasteiger partial charge in [0, 0.05) is 12.3 Å². The Labute approximate surface area is 248 Å². The Bertz CT molecular complexity index is 1390. The fraction of sp³-hybridized carbons (Fsp3) is 0.606. The first-order valence-electron chi connectivity index (χ1n) is 15.3. The molecule has 8 atom stereocenters. The van der Waals surface area contributed by atoms with Gasteiger partial charge >= 0.3 is 5.97 Å². The maximum Gasteiger partial charge on any atom is 0.340 e. The van der Waals surface area contributed by atoms with Crippen LogP contribution in [0.15, 0.2) is 59.5 Å². The molecule has 4 saturated heterocycles. The molecule has 5 aliphatic rings. The third-order valence-corrected chi connectivity index (χ3v) is 12.8. The molecule has 228 valence electrons. The number of hydrogen-bond donors (Lipinski definition) is 0. The summed E-state index contributed by atoms with van der Waals surface area (Å²) in [6.45, 7) is 7.77. The predicted molar refractivity (Wildman–Crippen MR) is 155 cm³/mol. The summed E-state index contributed by atoms with van der Waals surface area (Å²) in [6, 6.07) is 15.6. The number of ether oxygens (including phenoxy) is 3. The van der Waals surface area contributed by atoms with Gasteiger partial charge in [-0.25, -0.2) is 23.0 Å². The van der Waals surface area contributed by atoms with Crippen LogP contribution in [0.25, 0.3) is 0 Å². The molecule has 1 spiro atoms. The fourth-order valence-electron chi connectivity index (χ4n) is 7.73. The van der Waals surface area contributed by atoms with Gasteiger partial charge in [0.1, 0.15) is 4.75 Å². The van der Waals surface area contributed by atoms with Crippen LogP contribution in [0.4, 0.5) is 0 Å². The molecule has 7 rings (SSSR count). The molecule has 0 amide bonds. The summed E-state index contributed by atoms with van der Waals surface area (Å²) >= 11 is 0. The molecule has 9 heteroatoms. The highest BCUT2D eigenvalue weighted by molar-refractivity contribution is 7.93. The predicted octanol–water partition coefficient (Wildman–Crippen LogP) is 6.38. The van der Waals surface area contributed by atoms with E-state index >= 15 is 0 Å². The summed E-state index contributed by atoms with van der Waals surface area (Å²) in [4.78, 5) is 25.9. The first-order chi connectivity index (χ1) is 20.0. The van der Waals surface area contributed by atoms with Crippen LogP contribution in [0.3, 0.4) is 0 Å². The molecule has 5 fully saturated rings. The minimum Gasteiger partial charge on any atom is -0.430 e. The van der Waals surface area contributed by atoms with E-state index in [-0.39, 0.29) is 16.7 Å². The summed E-state index contributed by atoms with van der Waals surface area (Å²) in [6.07, 6.45) is 4.53. The number of sulfone groups is 1. The van der Waals surface area contributed by atoms with Crippen molar-refractivity contribution in [1.82, 2.24) is 0 Å². The first-order valence-corrected chi connectivity index (χ1v) is 16.8. The lowest BCUT2D eigenvalue weighted by Crippen LogP contribution is -2.77. The van der Waals surface area contributed by atoms with Gasteiger partial charge in [0.15, 0.2) is 21.7 Å². The number of fused-ring (bicyclic) bond motifs is 2. The smallest absolute Gasteiger partial charge is 0.340 e. The molecule has 2 aromatic rings. The molecule has 4 heterocycles. The number of esters is 1. The van der Waals surface area contributed by atoms with Crippen molar-refractivity contribution < 1.29 is 37.2 Å². The molecule has 2 aromatic carbocycles.